The molecule has 0 fully saturated rings. The Morgan fingerprint density at radius 3 is 2.26 bits per heavy atom. The zero-order valence-electron chi connectivity index (χ0n) is 19.3. The first kappa shape index (κ1) is 24.7. The number of anilines is 1. The van der Waals surface area contributed by atoms with Crippen LogP contribution in [0, 0.1) is 6.92 Å². The smallest absolute Gasteiger partial charge is 0.244 e. The lowest BCUT2D eigenvalue weighted by Gasteiger charge is -2.30. The Morgan fingerprint density at radius 2 is 1.71 bits per heavy atom. The van der Waals surface area contributed by atoms with Crippen molar-refractivity contribution in [1.82, 2.24) is 5.32 Å². The predicted molar refractivity (Wildman–Crippen MR) is 126 cm³/mol. The van der Waals surface area contributed by atoms with Crippen molar-refractivity contribution in [3.8, 4) is 5.75 Å². The number of hydrogen-bond donors (Lipinski definition) is 1. The second kappa shape index (κ2) is 10.2. The number of nitrogens with zero attached hydrogens (tertiary/aromatic N) is 1. The Morgan fingerprint density at radius 1 is 1.10 bits per heavy atom. The van der Waals surface area contributed by atoms with Crippen LogP contribution in [0.25, 0.3) is 0 Å². The van der Waals surface area contributed by atoms with Crippen LogP contribution in [0.15, 0.2) is 48.5 Å². The number of aryl methyl sites for hydroxylation is 1. The van der Waals surface area contributed by atoms with Crippen LogP contribution in [0.3, 0.4) is 0 Å². The highest BCUT2D eigenvalue weighted by molar-refractivity contribution is 7.92. The Kier molecular flexibility index (Phi) is 8.12. The van der Waals surface area contributed by atoms with Crippen LogP contribution in [0.5, 0.6) is 5.75 Å². The first-order valence-electron chi connectivity index (χ1n) is 10.5. The molecule has 7 heteroatoms. The molecule has 0 saturated heterocycles. The molecule has 0 spiro atoms. The fourth-order valence-corrected chi connectivity index (χ4v) is 4.63. The van der Waals surface area contributed by atoms with E-state index in [2.05, 4.69) is 26.1 Å². The number of sulfonamides is 1. The third kappa shape index (κ3) is 6.72. The quantitative estimate of drug-likeness (QED) is 0.590. The SMILES string of the molecule is CCC(C(=O)NCCOc1ccccc1C(C)(C)C)N(c1ccc(C)cc1)S(C)(=O)=O. The van der Waals surface area contributed by atoms with Gasteiger partial charge in [-0.25, -0.2) is 8.42 Å². The molecule has 0 aliphatic carbocycles. The monoisotopic (exact) mass is 446 g/mol. The van der Waals surface area contributed by atoms with Gasteiger partial charge in [0.05, 0.1) is 18.5 Å². The maximum absolute atomic E-state index is 12.9. The van der Waals surface area contributed by atoms with Crippen molar-refractivity contribution in [1.29, 1.82) is 0 Å². The summed E-state index contributed by atoms with van der Waals surface area (Å²) in [6.07, 6.45) is 1.47. The highest BCUT2D eigenvalue weighted by Crippen LogP contribution is 2.30. The van der Waals surface area contributed by atoms with Crippen LogP contribution in [0.4, 0.5) is 5.69 Å². The van der Waals surface area contributed by atoms with E-state index >= 15 is 0 Å². The fourth-order valence-electron chi connectivity index (χ4n) is 3.42. The number of nitrogens with one attached hydrogen (secondary N) is 1. The Balaban J connectivity index is 2.07. The Bertz CT molecular complexity index is 979. The van der Waals surface area contributed by atoms with Crippen LogP contribution in [0.2, 0.25) is 0 Å². The third-order valence-electron chi connectivity index (χ3n) is 4.97. The summed E-state index contributed by atoms with van der Waals surface area (Å²) in [5.41, 5.74) is 2.53. The van der Waals surface area contributed by atoms with E-state index in [9.17, 15) is 13.2 Å². The van der Waals surface area contributed by atoms with E-state index in [0.29, 0.717) is 18.7 Å². The van der Waals surface area contributed by atoms with Crippen molar-refractivity contribution >= 4 is 21.6 Å². The topological polar surface area (TPSA) is 75.7 Å². The van der Waals surface area contributed by atoms with Crippen molar-refractivity contribution in [2.75, 3.05) is 23.7 Å². The number of ether oxygens (including phenoxy) is 1. The minimum atomic E-state index is -3.64. The van der Waals surface area contributed by atoms with Gasteiger partial charge >= 0.3 is 0 Å². The van der Waals surface area contributed by atoms with Gasteiger partial charge in [-0.15, -0.1) is 0 Å². The van der Waals surface area contributed by atoms with Crippen molar-refractivity contribution in [2.24, 2.45) is 0 Å². The van der Waals surface area contributed by atoms with E-state index in [4.69, 9.17) is 4.74 Å². The summed E-state index contributed by atoms with van der Waals surface area (Å²) in [7, 11) is -3.64. The molecule has 1 atom stereocenters. The number of para-hydroxylation sites is 1. The van der Waals surface area contributed by atoms with Gasteiger partial charge < -0.3 is 10.1 Å². The minimum Gasteiger partial charge on any atom is -0.491 e. The van der Waals surface area contributed by atoms with Crippen LogP contribution in [-0.4, -0.2) is 39.8 Å². The normalized spacial score (nSPS) is 12.8. The predicted octanol–water partition coefficient (Wildman–Crippen LogP) is 4.03. The van der Waals surface area contributed by atoms with E-state index in [1.165, 1.54) is 4.31 Å². The van der Waals surface area contributed by atoms with Crippen LogP contribution < -0.4 is 14.4 Å². The van der Waals surface area contributed by atoms with Gasteiger partial charge in [0.15, 0.2) is 0 Å². The maximum atomic E-state index is 12.9. The molecule has 1 unspecified atom stereocenters. The summed E-state index contributed by atoms with van der Waals surface area (Å²) in [6, 6.07) is 14.1. The molecule has 2 rings (SSSR count). The minimum absolute atomic E-state index is 0.0584. The van der Waals surface area contributed by atoms with Gasteiger partial charge in [0.1, 0.15) is 18.4 Å². The molecular formula is C24H34N2O4S. The second-order valence-corrected chi connectivity index (χ2v) is 10.6. The molecule has 2 aromatic rings. The third-order valence-corrected chi connectivity index (χ3v) is 6.15. The first-order chi connectivity index (χ1) is 14.4. The van der Waals surface area contributed by atoms with E-state index in [0.717, 1.165) is 23.1 Å². The highest BCUT2D eigenvalue weighted by atomic mass is 32.2. The number of carbonyl (C=O) groups excluding carboxylic acids is 1. The summed E-state index contributed by atoms with van der Waals surface area (Å²) in [5, 5.41) is 2.83. The van der Waals surface area contributed by atoms with Gasteiger partial charge in [-0.3, -0.25) is 9.10 Å². The van der Waals surface area contributed by atoms with Gasteiger partial charge in [-0.1, -0.05) is 63.6 Å². The van der Waals surface area contributed by atoms with Crippen molar-refractivity contribution in [3.05, 3.63) is 59.7 Å². The number of benzene rings is 2. The second-order valence-electron chi connectivity index (χ2n) is 8.70. The van der Waals surface area contributed by atoms with E-state index in [-0.39, 0.29) is 17.9 Å². The lowest BCUT2D eigenvalue weighted by Crippen LogP contribution is -2.50. The summed E-state index contributed by atoms with van der Waals surface area (Å²) >= 11 is 0. The van der Waals surface area contributed by atoms with Gasteiger partial charge in [0.25, 0.3) is 0 Å². The Labute approximate surface area is 186 Å². The highest BCUT2D eigenvalue weighted by Gasteiger charge is 2.31. The molecule has 1 N–H and O–H groups in total. The van der Waals surface area contributed by atoms with Crippen LogP contribution in [0.1, 0.15) is 45.2 Å². The van der Waals surface area contributed by atoms with E-state index in [1.807, 2.05) is 43.3 Å². The molecule has 6 nitrogen and oxygen atoms in total. The van der Waals surface area contributed by atoms with Gasteiger partial charge in [0, 0.05) is 0 Å². The molecule has 0 aliphatic rings. The molecule has 0 bridgehead atoms. The molecule has 170 valence electrons. The summed E-state index contributed by atoms with van der Waals surface area (Å²) in [4.78, 5) is 12.9. The molecule has 2 aromatic carbocycles. The molecule has 31 heavy (non-hydrogen) atoms. The lowest BCUT2D eigenvalue weighted by molar-refractivity contribution is -0.122. The molecule has 0 radical (unpaired) electrons. The molecule has 1 amide bonds. The Hall–Kier alpha value is -2.54. The first-order valence-corrected chi connectivity index (χ1v) is 12.4. The largest absolute Gasteiger partial charge is 0.491 e. The molecular weight excluding hydrogens is 412 g/mol. The van der Waals surface area contributed by atoms with E-state index in [1.54, 1.807) is 19.1 Å². The van der Waals surface area contributed by atoms with Gasteiger partial charge in [-0.2, -0.15) is 0 Å². The van der Waals surface area contributed by atoms with Crippen molar-refractivity contribution < 1.29 is 17.9 Å². The fraction of sp³-hybridized carbons (Fsp3) is 0.458. The van der Waals surface area contributed by atoms with Gasteiger partial charge in [0.2, 0.25) is 15.9 Å². The molecule has 0 aromatic heterocycles. The number of amides is 1. The standard InChI is InChI=1S/C24H34N2O4S/c1-7-21(26(31(6,28)29)19-14-12-18(2)13-15-19)23(27)25-16-17-30-22-11-9-8-10-20(22)24(3,4)5/h8-15,21H,7,16-17H2,1-6H3,(H,25,27). The van der Waals surface area contributed by atoms with E-state index < -0.39 is 16.1 Å². The number of carbonyl (C=O) groups is 1. The van der Waals surface area contributed by atoms with Crippen molar-refractivity contribution in [3.63, 3.8) is 0 Å². The average Bonchev–Trinajstić information content (AvgIpc) is 2.68. The van der Waals surface area contributed by atoms with Gasteiger partial charge in [-0.05, 0) is 42.5 Å². The van der Waals surface area contributed by atoms with Crippen LogP contribution in [-0.2, 0) is 20.2 Å². The lowest BCUT2D eigenvalue weighted by atomic mass is 9.86. The number of rotatable bonds is 9. The number of hydrogen-bond acceptors (Lipinski definition) is 4. The molecule has 0 aliphatic heterocycles. The summed E-state index contributed by atoms with van der Waals surface area (Å²) < 4.78 is 32.1. The molecule has 0 saturated carbocycles. The summed E-state index contributed by atoms with van der Waals surface area (Å²) in [6.45, 7) is 10.6. The van der Waals surface area contributed by atoms with Crippen LogP contribution >= 0.6 is 0 Å². The molecule has 0 heterocycles. The zero-order valence-corrected chi connectivity index (χ0v) is 20.1. The average molecular weight is 447 g/mol. The van der Waals surface area contributed by atoms with Crippen molar-refractivity contribution in [2.45, 2.75) is 52.5 Å². The zero-order chi connectivity index (χ0) is 23.2. The summed E-state index contributed by atoms with van der Waals surface area (Å²) in [5.74, 6) is 0.440. The maximum Gasteiger partial charge on any atom is 0.244 e.